The molecule has 6 aromatic rings. The van der Waals surface area contributed by atoms with Crippen LogP contribution in [0.2, 0.25) is 0 Å². The highest BCUT2D eigenvalue weighted by molar-refractivity contribution is 7.89. The first-order valence-electron chi connectivity index (χ1n) is 12.7. The van der Waals surface area contributed by atoms with Gasteiger partial charge in [0.15, 0.2) is 0 Å². The van der Waals surface area contributed by atoms with Crippen LogP contribution in [0.4, 0.5) is 11.6 Å². The van der Waals surface area contributed by atoms with Gasteiger partial charge in [0.25, 0.3) is 5.69 Å². The Balaban J connectivity index is 1.23. The molecule has 0 amide bonds. The fraction of sp³-hybridized carbons (Fsp3) is 0.103. The molecule has 0 spiro atoms. The van der Waals surface area contributed by atoms with Crippen molar-refractivity contribution in [1.82, 2.24) is 19.8 Å². The van der Waals surface area contributed by atoms with E-state index in [1.807, 2.05) is 54.7 Å². The van der Waals surface area contributed by atoms with Crippen molar-refractivity contribution in [3.63, 3.8) is 0 Å². The number of benzene rings is 3. The number of nitrogens with one attached hydrogen (secondary N) is 3. The van der Waals surface area contributed by atoms with E-state index >= 15 is 0 Å². The van der Waals surface area contributed by atoms with Gasteiger partial charge in [0, 0.05) is 71.2 Å². The third kappa shape index (κ3) is 5.64. The Morgan fingerprint density at radius 1 is 1.00 bits per heavy atom. The molecule has 0 bridgehead atoms. The molecule has 206 valence electrons. The average Bonchev–Trinajstić information content (AvgIpc) is 3.63. The molecule has 11 nitrogen and oxygen atoms in total. The zero-order chi connectivity index (χ0) is 28.4. The summed E-state index contributed by atoms with van der Waals surface area (Å²) in [7, 11) is -4.00. The fourth-order valence-corrected chi connectivity index (χ4v) is 5.95. The molecular formula is C29H24N6O5S. The van der Waals surface area contributed by atoms with Crippen molar-refractivity contribution in [2.24, 2.45) is 0 Å². The summed E-state index contributed by atoms with van der Waals surface area (Å²) in [5.41, 5.74) is 3.19. The van der Waals surface area contributed by atoms with Crippen LogP contribution in [0.3, 0.4) is 0 Å². The number of aromatic amines is 1. The average molecular weight is 569 g/mol. The Labute approximate surface area is 234 Å². The van der Waals surface area contributed by atoms with Gasteiger partial charge in [-0.25, -0.2) is 13.1 Å². The van der Waals surface area contributed by atoms with Crippen LogP contribution in [0.1, 0.15) is 5.56 Å². The number of fused-ring (bicyclic) bond motifs is 2. The van der Waals surface area contributed by atoms with E-state index in [4.69, 9.17) is 4.52 Å². The molecule has 0 fully saturated rings. The van der Waals surface area contributed by atoms with Crippen molar-refractivity contribution in [3.8, 4) is 11.3 Å². The van der Waals surface area contributed by atoms with Gasteiger partial charge in [0.1, 0.15) is 5.69 Å². The van der Waals surface area contributed by atoms with Gasteiger partial charge in [0.05, 0.1) is 9.82 Å². The second-order valence-corrected chi connectivity index (χ2v) is 11.2. The minimum Gasteiger partial charge on any atom is -0.361 e. The second-order valence-electron chi connectivity index (χ2n) is 9.53. The molecule has 1 unspecified atom stereocenters. The number of anilines is 1. The van der Waals surface area contributed by atoms with Crippen LogP contribution in [0.5, 0.6) is 0 Å². The first-order chi connectivity index (χ1) is 19.9. The lowest BCUT2D eigenvalue weighted by atomic mass is 10.1. The number of pyridine rings is 1. The number of non-ortho nitro benzene ring substituents is 1. The van der Waals surface area contributed by atoms with Crippen LogP contribution in [0.25, 0.3) is 32.9 Å². The summed E-state index contributed by atoms with van der Waals surface area (Å²) in [4.78, 5) is 17.7. The molecule has 0 saturated carbocycles. The van der Waals surface area contributed by atoms with Crippen molar-refractivity contribution in [2.45, 2.75) is 17.4 Å². The SMILES string of the molecule is O=[N+]([O-])c1ccc(S(=O)(=O)NC(CNc2cc(-c3ccc4cnccc4c3)no2)Cc2c[nH]c3ccccc23)cc1. The molecule has 0 saturated heterocycles. The third-order valence-electron chi connectivity index (χ3n) is 6.79. The van der Waals surface area contributed by atoms with Crippen LogP contribution >= 0.6 is 0 Å². The molecule has 41 heavy (non-hydrogen) atoms. The third-order valence-corrected chi connectivity index (χ3v) is 8.33. The Bertz CT molecular complexity index is 1970. The van der Waals surface area contributed by atoms with E-state index in [-0.39, 0.29) is 17.1 Å². The topological polar surface area (TPSA) is 156 Å². The van der Waals surface area contributed by atoms with Gasteiger partial charge in [-0.15, -0.1) is 0 Å². The lowest BCUT2D eigenvalue weighted by Crippen LogP contribution is -2.41. The van der Waals surface area contributed by atoms with Gasteiger partial charge >= 0.3 is 0 Å². The van der Waals surface area contributed by atoms with Crippen LogP contribution in [0.15, 0.2) is 107 Å². The van der Waals surface area contributed by atoms with Gasteiger partial charge in [-0.2, -0.15) is 0 Å². The highest BCUT2D eigenvalue weighted by Crippen LogP contribution is 2.26. The monoisotopic (exact) mass is 568 g/mol. The van der Waals surface area contributed by atoms with Gasteiger partial charge < -0.3 is 14.8 Å². The molecule has 3 N–H and O–H groups in total. The number of sulfonamides is 1. The van der Waals surface area contributed by atoms with E-state index in [1.54, 1.807) is 18.5 Å². The van der Waals surface area contributed by atoms with E-state index < -0.39 is 21.0 Å². The van der Waals surface area contributed by atoms with Gasteiger partial charge in [0.2, 0.25) is 15.9 Å². The Kier molecular flexibility index (Phi) is 6.91. The summed E-state index contributed by atoms with van der Waals surface area (Å²) in [5.74, 6) is 0.383. The summed E-state index contributed by atoms with van der Waals surface area (Å²) >= 11 is 0. The van der Waals surface area contributed by atoms with E-state index in [9.17, 15) is 18.5 Å². The lowest BCUT2D eigenvalue weighted by Gasteiger charge is -2.19. The number of nitrogens with zero attached hydrogens (tertiary/aromatic N) is 3. The minimum atomic E-state index is -4.00. The minimum absolute atomic E-state index is 0.0690. The summed E-state index contributed by atoms with van der Waals surface area (Å²) in [5, 5.41) is 21.4. The molecule has 3 aromatic carbocycles. The molecule has 3 heterocycles. The Hall–Kier alpha value is -5.07. The van der Waals surface area contributed by atoms with Crippen LogP contribution in [-0.2, 0) is 16.4 Å². The van der Waals surface area contributed by atoms with Gasteiger partial charge in [-0.05, 0) is 47.7 Å². The molecule has 3 aromatic heterocycles. The fourth-order valence-electron chi connectivity index (χ4n) is 4.72. The normalized spacial score (nSPS) is 12.5. The van der Waals surface area contributed by atoms with Crippen LogP contribution in [-0.4, -0.2) is 41.1 Å². The highest BCUT2D eigenvalue weighted by Gasteiger charge is 2.23. The summed E-state index contributed by atoms with van der Waals surface area (Å²) in [6, 6.07) is 21.5. The predicted molar refractivity (Wildman–Crippen MR) is 155 cm³/mol. The predicted octanol–water partition coefficient (Wildman–Crippen LogP) is 5.28. The maximum atomic E-state index is 13.3. The molecule has 0 radical (unpaired) electrons. The van der Waals surface area contributed by atoms with E-state index in [0.717, 1.165) is 32.8 Å². The quantitative estimate of drug-likeness (QED) is 0.149. The molecule has 6 rings (SSSR count). The summed E-state index contributed by atoms with van der Waals surface area (Å²) < 4.78 is 34.8. The Morgan fingerprint density at radius 2 is 1.83 bits per heavy atom. The number of rotatable bonds is 10. The number of para-hydroxylation sites is 1. The molecular weight excluding hydrogens is 544 g/mol. The first-order valence-corrected chi connectivity index (χ1v) is 14.2. The first kappa shape index (κ1) is 26.2. The second kappa shape index (κ2) is 10.8. The molecule has 0 aliphatic carbocycles. The number of hydrogen-bond acceptors (Lipinski definition) is 8. The van der Waals surface area contributed by atoms with E-state index in [2.05, 4.69) is 25.2 Å². The standard InChI is InChI=1S/C29H24N6O5S/c36-35(37)24-7-9-25(10-8-24)41(38,39)34-23(14-22-17-31-27-4-2-1-3-26(22)27)18-32-29-15-28(33-40-29)20-5-6-21-16-30-12-11-19(21)13-20/h1-13,15-17,23,31-32,34H,14,18H2. The summed E-state index contributed by atoms with van der Waals surface area (Å²) in [6.07, 6.45) is 5.75. The zero-order valence-corrected chi connectivity index (χ0v) is 22.3. The van der Waals surface area contributed by atoms with E-state index in [0.29, 0.717) is 18.0 Å². The van der Waals surface area contributed by atoms with Crippen molar-refractivity contribution in [2.75, 3.05) is 11.9 Å². The molecule has 0 aliphatic rings. The van der Waals surface area contributed by atoms with Crippen molar-refractivity contribution in [3.05, 3.63) is 113 Å². The van der Waals surface area contributed by atoms with Crippen molar-refractivity contribution in [1.29, 1.82) is 0 Å². The maximum absolute atomic E-state index is 13.3. The number of nitro benzene ring substituents is 1. The maximum Gasteiger partial charge on any atom is 0.269 e. The van der Waals surface area contributed by atoms with Crippen molar-refractivity contribution < 1.29 is 17.9 Å². The van der Waals surface area contributed by atoms with Crippen LogP contribution in [0, 0.1) is 10.1 Å². The number of hydrogen-bond donors (Lipinski definition) is 3. The van der Waals surface area contributed by atoms with Gasteiger partial charge in [-0.3, -0.25) is 15.1 Å². The zero-order valence-electron chi connectivity index (χ0n) is 21.5. The van der Waals surface area contributed by atoms with Crippen LogP contribution < -0.4 is 10.0 Å². The molecule has 12 heteroatoms. The smallest absolute Gasteiger partial charge is 0.269 e. The van der Waals surface area contributed by atoms with E-state index in [1.165, 1.54) is 24.3 Å². The Morgan fingerprint density at radius 3 is 2.66 bits per heavy atom. The number of nitro groups is 1. The summed E-state index contributed by atoms with van der Waals surface area (Å²) in [6.45, 7) is 0.184. The number of aromatic nitrogens is 3. The number of H-pyrrole nitrogens is 1. The largest absolute Gasteiger partial charge is 0.361 e. The molecule has 1 atom stereocenters. The highest BCUT2D eigenvalue weighted by atomic mass is 32.2. The van der Waals surface area contributed by atoms with Gasteiger partial charge in [-0.1, -0.05) is 35.5 Å². The lowest BCUT2D eigenvalue weighted by molar-refractivity contribution is -0.384. The van der Waals surface area contributed by atoms with Crippen molar-refractivity contribution >= 4 is 43.3 Å². The molecule has 0 aliphatic heterocycles.